The molecule has 106 valence electrons. The predicted octanol–water partition coefficient (Wildman–Crippen LogP) is 4.79. The fourth-order valence-corrected chi connectivity index (χ4v) is 2.32. The van der Waals surface area contributed by atoms with E-state index >= 15 is 0 Å². The number of rotatable bonds is 5. The third-order valence-electron chi connectivity index (χ3n) is 3.35. The van der Waals surface area contributed by atoms with E-state index in [9.17, 15) is 0 Å². The number of benzene rings is 2. The third-order valence-corrected chi connectivity index (χ3v) is 4.00. The molecule has 0 fully saturated rings. The van der Waals surface area contributed by atoms with Gasteiger partial charge in [0.1, 0.15) is 6.61 Å². The van der Waals surface area contributed by atoms with Crippen molar-refractivity contribution in [3.63, 3.8) is 0 Å². The highest BCUT2D eigenvalue weighted by molar-refractivity contribution is 9.08. The van der Waals surface area contributed by atoms with E-state index in [-0.39, 0.29) is 0 Å². The van der Waals surface area contributed by atoms with Crippen molar-refractivity contribution < 1.29 is 9.47 Å². The molecule has 3 heteroatoms. The highest BCUT2D eigenvalue weighted by atomic mass is 79.9. The third kappa shape index (κ3) is 3.54. The molecule has 0 aliphatic carbocycles. The van der Waals surface area contributed by atoms with Crippen LogP contribution in [0.4, 0.5) is 0 Å². The van der Waals surface area contributed by atoms with Crippen molar-refractivity contribution in [1.29, 1.82) is 0 Å². The number of alkyl halides is 1. The number of hydrogen-bond acceptors (Lipinski definition) is 2. The lowest BCUT2D eigenvalue weighted by atomic mass is 10.1. The SMILES string of the molecule is COc1ccc(CBr)cc1OCc1ccc(C)c(C)c1. The van der Waals surface area contributed by atoms with Crippen molar-refractivity contribution in [2.75, 3.05) is 7.11 Å². The first-order valence-electron chi connectivity index (χ1n) is 6.56. The van der Waals surface area contributed by atoms with Gasteiger partial charge in [-0.1, -0.05) is 40.2 Å². The zero-order valence-corrected chi connectivity index (χ0v) is 13.7. The van der Waals surface area contributed by atoms with E-state index in [0.717, 1.165) is 16.8 Å². The molecule has 20 heavy (non-hydrogen) atoms. The lowest BCUT2D eigenvalue weighted by Gasteiger charge is -2.12. The van der Waals surface area contributed by atoms with Crippen LogP contribution >= 0.6 is 15.9 Å². The van der Waals surface area contributed by atoms with E-state index in [4.69, 9.17) is 9.47 Å². The van der Waals surface area contributed by atoms with E-state index in [0.29, 0.717) is 6.61 Å². The summed E-state index contributed by atoms with van der Waals surface area (Å²) in [6.07, 6.45) is 0. The number of methoxy groups -OCH3 is 1. The molecule has 0 aromatic heterocycles. The number of halogens is 1. The van der Waals surface area contributed by atoms with Crippen LogP contribution < -0.4 is 9.47 Å². The Bertz CT molecular complexity index is 594. The van der Waals surface area contributed by atoms with Gasteiger partial charge in [0.15, 0.2) is 11.5 Å². The summed E-state index contributed by atoms with van der Waals surface area (Å²) in [4.78, 5) is 0. The summed E-state index contributed by atoms with van der Waals surface area (Å²) in [6.45, 7) is 4.77. The number of hydrogen-bond donors (Lipinski definition) is 0. The Hall–Kier alpha value is -1.48. The maximum atomic E-state index is 5.91. The molecule has 0 N–H and O–H groups in total. The average molecular weight is 335 g/mol. The van der Waals surface area contributed by atoms with Crippen LogP contribution in [-0.2, 0) is 11.9 Å². The van der Waals surface area contributed by atoms with Gasteiger partial charge in [0, 0.05) is 5.33 Å². The maximum absolute atomic E-state index is 5.91. The lowest BCUT2D eigenvalue weighted by molar-refractivity contribution is 0.284. The van der Waals surface area contributed by atoms with Crippen molar-refractivity contribution in [1.82, 2.24) is 0 Å². The van der Waals surface area contributed by atoms with Gasteiger partial charge < -0.3 is 9.47 Å². The molecule has 0 heterocycles. The van der Waals surface area contributed by atoms with E-state index in [2.05, 4.69) is 48.0 Å². The van der Waals surface area contributed by atoms with Crippen molar-refractivity contribution in [3.8, 4) is 11.5 Å². The zero-order chi connectivity index (χ0) is 14.5. The minimum atomic E-state index is 0.545. The van der Waals surface area contributed by atoms with Gasteiger partial charge in [-0.2, -0.15) is 0 Å². The van der Waals surface area contributed by atoms with Crippen molar-refractivity contribution in [2.24, 2.45) is 0 Å². The topological polar surface area (TPSA) is 18.5 Å². The Morgan fingerprint density at radius 1 is 0.900 bits per heavy atom. The summed E-state index contributed by atoms with van der Waals surface area (Å²) >= 11 is 3.46. The number of ether oxygens (including phenoxy) is 2. The zero-order valence-electron chi connectivity index (χ0n) is 12.1. The molecule has 0 amide bonds. The largest absolute Gasteiger partial charge is 0.493 e. The molecule has 0 saturated heterocycles. The molecule has 0 aliphatic heterocycles. The van der Waals surface area contributed by atoms with Crippen LogP contribution in [0.5, 0.6) is 11.5 Å². The first-order valence-corrected chi connectivity index (χ1v) is 7.68. The highest BCUT2D eigenvalue weighted by Crippen LogP contribution is 2.29. The summed E-state index contributed by atoms with van der Waals surface area (Å²) < 4.78 is 11.2. The Morgan fingerprint density at radius 3 is 2.30 bits per heavy atom. The molecule has 0 aliphatic rings. The quantitative estimate of drug-likeness (QED) is 0.732. The Morgan fingerprint density at radius 2 is 1.65 bits per heavy atom. The minimum absolute atomic E-state index is 0.545. The second kappa shape index (κ2) is 6.80. The first kappa shape index (κ1) is 14.9. The van der Waals surface area contributed by atoms with Crippen LogP contribution in [0, 0.1) is 13.8 Å². The van der Waals surface area contributed by atoms with Gasteiger partial charge in [-0.15, -0.1) is 0 Å². The lowest BCUT2D eigenvalue weighted by Crippen LogP contribution is -1.99. The van der Waals surface area contributed by atoms with E-state index in [1.807, 2.05) is 18.2 Å². The van der Waals surface area contributed by atoms with Gasteiger partial charge in [-0.05, 0) is 48.2 Å². The minimum Gasteiger partial charge on any atom is -0.493 e. The average Bonchev–Trinajstić information content (AvgIpc) is 2.48. The van der Waals surface area contributed by atoms with Crippen LogP contribution in [0.25, 0.3) is 0 Å². The smallest absolute Gasteiger partial charge is 0.161 e. The molecule has 0 radical (unpaired) electrons. The molecular weight excluding hydrogens is 316 g/mol. The normalized spacial score (nSPS) is 10.4. The fraction of sp³-hybridized carbons (Fsp3) is 0.294. The monoisotopic (exact) mass is 334 g/mol. The first-order chi connectivity index (χ1) is 9.63. The van der Waals surface area contributed by atoms with Crippen molar-refractivity contribution in [3.05, 3.63) is 58.7 Å². The molecule has 0 atom stereocenters. The molecule has 0 saturated carbocycles. The Balaban J connectivity index is 2.15. The predicted molar refractivity (Wildman–Crippen MR) is 85.9 cm³/mol. The van der Waals surface area contributed by atoms with Crippen molar-refractivity contribution >= 4 is 15.9 Å². The van der Waals surface area contributed by atoms with Gasteiger partial charge >= 0.3 is 0 Å². The Kier molecular flexibility index (Phi) is 5.07. The molecule has 2 rings (SSSR count). The van der Waals surface area contributed by atoms with Crippen LogP contribution in [0.15, 0.2) is 36.4 Å². The van der Waals surface area contributed by atoms with Crippen molar-refractivity contribution in [2.45, 2.75) is 25.8 Å². The summed E-state index contributed by atoms with van der Waals surface area (Å²) in [5.41, 5.74) is 4.92. The molecule has 0 bridgehead atoms. The summed E-state index contributed by atoms with van der Waals surface area (Å²) in [7, 11) is 1.66. The van der Waals surface area contributed by atoms with Crippen LogP contribution in [0.3, 0.4) is 0 Å². The van der Waals surface area contributed by atoms with Gasteiger partial charge in [-0.3, -0.25) is 0 Å². The standard InChI is InChI=1S/C17H19BrO2/c1-12-4-5-15(8-13(12)2)11-20-17-9-14(10-18)6-7-16(17)19-3/h4-9H,10-11H2,1-3H3. The maximum Gasteiger partial charge on any atom is 0.161 e. The summed E-state index contributed by atoms with van der Waals surface area (Å²) in [5.74, 6) is 1.54. The number of aryl methyl sites for hydroxylation is 2. The van der Waals surface area contributed by atoms with Crippen LogP contribution in [-0.4, -0.2) is 7.11 Å². The van der Waals surface area contributed by atoms with Crippen LogP contribution in [0.1, 0.15) is 22.3 Å². The molecule has 0 unspecified atom stereocenters. The molecule has 2 nitrogen and oxygen atoms in total. The molecular formula is C17H19BrO2. The molecule has 2 aromatic carbocycles. The van der Waals surface area contributed by atoms with Crippen LogP contribution in [0.2, 0.25) is 0 Å². The van der Waals surface area contributed by atoms with E-state index < -0.39 is 0 Å². The van der Waals surface area contributed by atoms with E-state index in [1.54, 1.807) is 7.11 Å². The second-order valence-corrected chi connectivity index (χ2v) is 5.39. The van der Waals surface area contributed by atoms with Gasteiger partial charge in [-0.25, -0.2) is 0 Å². The van der Waals surface area contributed by atoms with Gasteiger partial charge in [0.05, 0.1) is 7.11 Å². The summed E-state index contributed by atoms with van der Waals surface area (Å²) in [5, 5.41) is 0.803. The summed E-state index contributed by atoms with van der Waals surface area (Å²) in [6, 6.07) is 12.4. The fourth-order valence-electron chi connectivity index (χ4n) is 1.97. The van der Waals surface area contributed by atoms with Gasteiger partial charge in [0.25, 0.3) is 0 Å². The molecule has 0 spiro atoms. The second-order valence-electron chi connectivity index (χ2n) is 4.83. The van der Waals surface area contributed by atoms with E-state index in [1.165, 1.54) is 22.3 Å². The Labute approximate surface area is 128 Å². The molecule has 2 aromatic rings. The highest BCUT2D eigenvalue weighted by Gasteiger charge is 2.06. The van der Waals surface area contributed by atoms with Gasteiger partial charge in [0.2, 0.25) is 0 Å².